The van der Waals surface area contributed by atoms with Crippen molar-refractivity contribution < 1.29 is 0 Å². The predicted octanol–water partition coefficient (Wildman–Crippen LogP) is 3.51. The zero-order valence-corrected chi connectivity index (χ0v) is 13.3. The van der Waals surface area contributed by atoms with Gasteiger partial charge in [0.1, 0.15) is 0 Å². The summed E-state index contributed by atoms with van der Waals surface area (Å²) in [6, 6.07) is 11.8. The lowest BCUT2D eigenvalue weighted by Gasteiger charge is -2.41. The summed E-state index contributed by atoms with van der Waals surface area (Å²) in [5, 5.41) is 4.72. The van der Waals surface area contributed by atoms with Gasteiger partial charge in [-0.3, -0.25) is 4.98 Å². The third kappa shape index (κ3) is 2.75. The molecule has 3 heteroatoms. The second-order valence-corrected chi connectivity index (χ2v) is 6.13. The van der Waals surface area contributed by atoms with Gasteiger partial charge in [-0.05, 0) is 52.3 Å². The Morgan fingerprint density at radius 3 is 2.90 bits per heavy atom. The molecule has 3 rings (SSSR count). The number of para-hydroxylation sites is 1. The molecule has 3 nitrogen and oxygen atoms in total. The van der Waals surface area contributed by atoms with Crippen molar-refractivity contribution in [3.05, 3.63) is 36.0 Å². The number of pyridine rings is 1. The van der Waals surface area contributed by atoms with E-state index in [2.05, 4.69) is 66.4 Å². The molecule has 1 aliphatic rings. The Bertz CT molecular complexity index is 623. The molecule has 0 radical (unpaired) electrons. The third-order valence-corrected chi connectivity index (χ3v) is 4.71. The normalized spacial score (nSPS) is 20.7. The van der Waals surface area contributed by atoms with Crippen LogP contribution < -0.4 is 10.2 Å². The van der Waals surface area contributed by atoms with Gasteiger partial charge in [0, 0.05) is 35.4 Å². The number of aromatic nitrogens is 1. The largest absolute Gasteiger partial charge is 0.366 e. The van der Waals surface area contributed by atoms with E-state index >= 15 is 0 Å². The van der Waals surface area contributed by atoms with E-state index in [-0.39, 0.29) is 0 Å². The van der Waals surface area contributed by atoms with E-state index in [1.54, 1.807) is 0 Å². The van der Waals surface area contributed by atoms with E-state index < -0.39 is 0 Å². The van der Waals surface area contributed by atoms with E-state index in [4.69, 9.17) is 0 Å². The lowest BCUT2D eigenvalue weighted by molar-refractivity contribution is 0.383. The molecule has 1 fully saturated rings. The highest BCUT2D eigenvalue weighted by atomic mass is 15.2. The van der Waals surface area contributed by atoms with Crippen molar-refractivity contribution in [2.24, 2.45) is 0 Å². The summed E-state index contributed by atoms with van der Waals surface area (Å²) in [5.74, 6) is 0. The number of nitrogens with zero attached hydrogens (tertiary/aromatic N) is 2. The van der Waals surface area contributed by atoms with Gasteiger partial charge in [0.15, 0.2) is 0 Å². The Hall–Kier alpha value is -1.61. The lowest BCUT2D eigenvalue weighted by atomic mass is 9.95. The molecule has 21 heavy (non-hydrogen) atoms. The number of hydrogen-bond acceptors (Lipinski definition) is 3. The van der Waals surface area contributed by atoms with Crippen LogP contribution in [0.3, 0.4) is 0 Å². The highest BCUT2D eigenvalue weighted by Gasteiger charge is 2.28. The second-order valence-electron chi connectivity index (χ2n) is 6.13. The number of fused-ring (bicyclic) bond motifs is 1. The van der Waals surface area contributed by atoms with Crippen LogP contribution in [0.2, 0.25) is 0 Å². The average molecular weight is 283 g/mol. The number of aryl methyl sites for hydroxylation is 1. The van der Waals surface area contributed by atoms with Crippen LogP contribution in [0.15, 0.2) is 30.3 Å². The van der Waals surface area contributed by atoms with Crippen LogP contribution in [-0.4, -0.2) is 30.7 Å². The fourth-order valence-electron chi connectivity index (χ4n) is 3.49. The number of benzene rings is 1. The summed E-state index contributed by atoms with van der Waals surface area (Å²) in [5.41, 5.74) is 3.56. The molecule has 2 aromatic rings. The molecule has 1 aliphatic heterocycles. The highest BCUT2D eigenvalue weighted by molar-refractivity contribution is 5.92. The maximum absolute atomic E-state index is 4.68. The first-order valence-electron chi connectivity index (χ1n) is 8.01. The lowest BCUT2D eigenvalue weighted by Crippen LogP contribution is -2.50. The summed E-state index contributed by atoms with van der Waals surface area (Å²) in [7, 11) is 2.06. The molecule has 2 atom stereocenters. The van der Waals surface area contributed by atoms with E-state index in [1.807, 2.05) is 0 Å². The molecule has 0 amide bonds. The summed E-state index contributed by atoms with van der Waals surface area (Å²) in [6.45, 7) is 5.53. The predicted molar refractivity (Wildman–Crippen MR) is 90.0 cm³/mol. The van der Waals surface area contributed by atoms with E-state index in [0.717, 1.165) is 17.8 Å². The van der Waals surface area contributed by atoms with Crippen LogP contribution in [0.25, 0.3) is 10.9 Å². The van der Waals surface area contributed by atoms with Gasteiger partial charge in [0.25, 0.3) is 0 Å². The Labute approximate surface area is 127 Å². The zero-order chi connectivity index (χ0) is 14.8. The van der Waals surface area contributed by atoms with Crippen LogP contribution in [0.4, 0.5) is 5.69 Å². The first kappa shape index (κ1) is 14.3. The van der Waals surface area contributed by atoms with Crippen molar-refractivity contribution >= 4 is 16.6 Å². The van der Waals surface area contributed by atoms with Gasteiger partial charge in [-0.15, -0.1) is 0 Å². The van der Waals surface area contributed by atoms with Gasteiger partial charge in [-0.2, -0.15) is 0 Å². The van der Waals surface area contributed by atoms with Gasteiger partial charge < -0.3 is 10.2 Å². The Kier molecular flexibility index (Phi) is 4.11. The number of nitrogens with one attached hydrogen (secondary N) is 1. The molecule has 1 N–H and O–H groups in total. The van der Waals surface area contributed by atoms with E-state index in [0.29, 0.717) is 12.1 Å². The number of hydrogen-bond donors (Lipinski definition) is 1. The minimum absolute atomic E-state index is 0.498. The van der Waals surface area contributed by atoms with Crippen molar-refractivity contribution in [3.8, 4) is 0 Å². The molecule has 0 saturated carbocycles. The fraction of sp³-hybridized carbons (Fsp3) is 0.500. The molecular formula is C18H25N3. The zero-order valence-electron chi connectivity index (χ0n) is 13.3. The van der Waals surface area contributed by atoms with Crippen LogP contribution in [-0.2, 0) is 0 Å². The van der Waals surface area contributed by atoms with Gasteiger partial charge in [0.05, 0.1) is 5.52 Å². The number of likely N-dealkylation sites (N-methyl/N-ethyl adjacent to an activating group) is 1. The molecule has 1 saturated heterocycles. The molecule has 2 unspecified atom stereocenters. The Balaban J connectivity index is 2.09. The van der Waals surface area contributed by atoms with Crippen molar-refractivity contribution in [2.45, 2.75) is 45.2 Å². The highest BCUT2D eigenvalue weighted by Crippen LogP contribution is 2.32. The topological polar surface area (TPSA) is 28.2 Å². The van der Waals surface area contributed by atoms with Crippen molar-refractivity contribution in [2.75, 3.05) is 18.5 Å². The van der Waals surface area contributed by atoms with E-state index in [1.165, 1.54) is 30.3 Å². The molecule has 0 bridgehead atoms. The molecule has 112 valence electrons. The second kappa shape index (κ2) is 6.02. The van der Waals surface area contributed by atoms with Crippen molar-refractivity contribution in [1.82, 2.24) is 10.3 Å². The third-order valence-electron chi connectivity index (χ3n) is 4.71. The van der Waals surface area contributed by atoms with Gasteiger partial charge in [-0.25, -0.2) is 0 Å². The number of anilines is 1. The minimum Gasteiger partial charge on any atom is -0.366 e. The minimum atomic E-state index is 0.498. The van der Waals surface area contributed by atoms with Gasteiger partial charge in [-0.1, -0.05) is 18.2 Å². The first-order chi connectivity index (χ1) is 10.2. The molecular weight excluding hydrogens is 258 g/mol. The van der Waals surface area contributed by atoms with Crippen LogP contribution >= 0.6 is 0 Å². The van der Waals surface area contributed by atoms with E-state index in [9.17, 15) is 0 Å². The monoisotopic (exact) mass is 283 g/mol. The number of piperidine rings is 1. The molecule has 0 aliphatic carbocycles. The van der Waals surface area contributed by atoms with Crippen molar-refractivity contribution in [1.29, 1.82) is 0 Å². The summed E-state index contributed by atoms with van der Waals surface area (Å²) >= 11 is 0. The van der Waals surface area contributed by atoms with Gasteiger partial charge in [0.2, 0.25) is 0 Å². The number of rotatable bonds is 3. The fourth-order valence-corrected chi connectivity index (χ4v) is 3.49. The maximum atomic E-state index is 4.68. The SMILES string of the molecule is CNC(C)C1CCCCN1c1cc(C)nc2ccccc12. The van der Waals surface area contributed by atoms with Crippen molar-refractivity contribution in [3.63, 3.8) is 0 Å². The Morgan fingerprint density at radius 2 is 2.10 bits per heavy atom. The maximum Gasteiger partial charge on any atom is 0.0726 e. The van der Waals surface area contributed by atoms with Gasteiger partial charge >= 0.3 is 0 Å². The molecule has 1 aromatic carbocycles. The first-order valence-corrected chi connectivity index (χ1v) is 8.01. The smallest absolute Gasteiger partial charge is 0.0726 e. The average Bonchev–Trinajstić information content (AvgIpc) is 2.53. The quantitative estimate of drug-likeness (QED) is 0.934. The van der Waals surface area contributed by atoms with Crippen LogP contribution in [0.5, 0.6) is 0 Å². The summed E-state index contributed by atoms with van der Waals surface area (Å²) in [4.78, 5) is 7.28. The molecule has 2 heterocycles. The molecule has 0 spiro atoms. The van der Waals surface area contributed by atoms with Crippen LogP contribution in [0, 0.1) is 6.92 Å². The van der Waals surface area contributed by atoms with Crippen LogP contribution in [0.1, 0.15) is 31.9 Å². The standard InChI is InChI=1S/C18H25N3/c1-13-12-18(15-8-4-5-9-16(15)20-13)21-11-7-6-10-17(21)14(2)19-3/h4-5,8-9,12,14,17,19H,6-7,10-11H2,1-3H3. The summed E-state index contributed by atoms with van der Waals surface area (Å²) < 4.78 is 0. The Morgan fingerprint density at radius 1 is 1.29 bits per heavy atom. The molecule has 1 aromatic heterocycles. The summed E-state index contributed by atoms with van der Waals surface area (Å²) in [6.07, 6.45) is 3.87.